The van der Waals surface area contributed by atoms with E-state index in [2.05, 4.69) is 83.7 Å². The van der Waals surface area contributed by atoms with E-state index in [0.29, 0.717) is 0 Å². The lowest BCUT2D eigenvalue weighted by Gasteiger charge is -2.18. The molecule has 0 atom stereocenters. The van der Waals surface area contributed by atoms with Gasteiger partial charge < -0.3 is 0 Å². The molecule has 3 heterocycles. The lowest BCUT2D eigenvalue weighted by molar-refractivity contribution is -2.00. The van der Waals surface area contributed by atoms with Crippen molar-refractivity contribution in [2.24, 2.45) is 0 Å². The van der Waals surface area contributed by atoms with Crippen LogP contribution in [0.3, 0.4) is 0 Å². The van der Waals surface area contributed by atoms with Gasteiger partial charge in [0.25, 0.3) is 0 Å². The Labute approximate surface area is 191 Å². The number of pyridine rings is 1. The molecule has 0 N–H and O–H groups in total. The summed E-state index contributed by atoms with van der Waals surface area (Å²) in [5.74, 6) is 0. The van der Waals surface area contributed by atoms with E-state index >= 15 is 0 Å². The van der Waals surface area contributed by atoms with E-state index in [1.807, 2.05) is 30.2 Å². The number of halogens is 1. The molecule has 1 aliphatic heterocycles. The fourth-order valence-electron chi connectivity index (χ4n) is 2.96. The predicted octanol–water partition coefficient (Wildman–Crippen LogP) is 0.652. The predicted molar refractivity (Wildman–Crippen MR) is 115 cm³/mol. The minimum atomic E-state index is -4.94. The lowest BCUT2D eigenvalue weighted by Crippen LogP contribution is -2.68. The number of rotatable bonds is 2. The Kier molecular flexibility index (Phi) is 7.79. The van der Waals surface area contributed by atoms with E-state index < -0.39 is 10.2 Å². The zero-order chi connectivity index (χ0) is 22.4. The van der Waals surface area contributed by atoms with Crippen LogP contribution in [0.25, 0.3) is 9.81 Å². The van der Waals surface area contributed by atoms with Crippen molar-refractivity contribution in [2.75, 3.05) is 14.1 Å². The molecule has 2 aliphatic rings. The van der Waals surface area contributed by atoms with E-state index in [4.69, 9.17) is 18.6 Å². The van der Waals surface area contributed by atoms with E-state index in [-0.39, 0.29) is 0 Å². The maximum Gasteiger partial charge on any atom is 0.207 e. The lowest BCUT2D eigenvalue weighted by atomic mass is 9.97. The van der Waals surface area contributed by atoms with Crippen LogP contribution in [-0.4, -0.2) is 29.4 Å². The molecular weight excluding hydrogens is 456 g/mol. The molecule has 0 unspecified atom stereocenters. The summed E-state index contributed by atoms with van der Waals surface area (Å²) in [5, 5.41) is 2.13. The van der Waals surface area contributed by atoms with E-state index in [1.54, 1.807) is 11.3 Å². The van der Waals surface area contributed by atoms with Gasteiger partial charge in [-0.3, -0.25) is 4.98 Å². The maximum absolute atomic E-state index is 8.49. The van der Waals surface area contributed by atoms with Crippen LogP contribution in [0.15, 0.2) is 89.6 Å². The highest BCUT2D eigenvalue weighted by molar-refractivity contribution is 8.16. The van der Waals surface area contributed by atoms with Crippen molar-refractivity contribution in [2.45, 2.75) is 0 Å². The quantitative estimate of drug-likeness (QED) is 0.591. The molecule has 0 aromatic carbocycles. The Morgan fingerprint density at radius 3 is 2.26 bits per heavy atom. The number of thioether (sulfide) groups is 1. The van der Waals surface area contributed by atoms with Crippen LogP contribution in [0.4, 0.5) is 0 Å². The summed E-state index contributed by atoms with van der Waals surface area (Å²) in [6.45, 7) is 0. The molecule has 0 radical (unpaired) electrons. The van der Waals surface area contributed by atoms with Gasteiger partial charge in [-0.05, 0) is 41.3 Å². The van der Waals surface area contributed by atoms with Crippen molar-refractivity contribution in [3.8, 4) is 0 Å². The zero-order valence-electron chi connectivity index (χ0n) is 16.7. The molecule has 0 saturated carbocycles. The summed E-state index contributed by atoms with van der Waals surface area (Å²) in [6.07, 6.45) is 16.9. The highest BCUT2D eigenvalue weighted by Gasteiger charge is 2.21. The topological polar surface area (TPSA) is 108 Å². The first-order valence-electron chi connectivity index (χ1n) is 9.03. The van der Waals surface area contributed by atoms with Crippen LogP contribution in [0.5, 0.6) is 0 Å². The number of thiophene rings is 1. The molecule has 0 bridgehead atoms. The molecular formula is C22H19ClN2O4S2. The molecule has 1 aliphatic carbocycles. The van der Waals surface area contributed by atoms with Gasteiger partial charge >= 0.3 is 0 Å². The Morgan fingerprint density at radius 2 is 1.65 bits per heavy atom. The number of hydrogen-bond acceptors (Lipinski definition) is 7. The maximum atomic E-state index is 8.49. The number of nitrogens with zero attached hydrogens (tertiary/aromatic N) is 2. The molecule has 2 aromatic rings. The molecule has 0 fully saturated rings. The van der Waals surface area contributed by atoms with E-state index in [1.165, 1.54) is 31.5 Å². The monoisotopic (exact) mass is 474 g/mol. The molecule has 2 aromatic heterocycles. The third-order valence-electron chi connectivity index (χ3n) is 4.20. The summed E-state index contributed by atoms with van der Waals surface area (Å²) < 4.78 is 36.1. The van der Waals surface area contributed by atoms with Gasteiger partial charge in [0.2, 0.25) is 5.71 Å². The fraction of sp³-hybridized carbons (Fsp3) is 0.0909. The van der Waals surface area contributed by atoms with Gasteiger partial charge in [-0.15, -0.1) is 21.6 Å². The van der Waals surface area contributed by atoms with Gasteiger partial charge in [0, 0.05) is 38.7 Å². The number of hydrogen-bond donors (Lipinski definition) is 0. The van der Waals surface area contributed by atoms with Crippen molar-refractivity contribution in [1.29, 1.82) is 0 Å². The van der Waals surface area contributed by atoms with Gasteiger partial charge in [0.15, 0.2) is 0 Å². The van der Waals surface area contributed by atoms with Crippen molar-refractivity contribution < 1.29 is 33.5 Å². The van der Waals surface area contributed by atoms with Crippen molar-refractivity contribution in [3.05, 3.63) is 100 Å². The van der Waals surface area contributed by atoms with E-state index in [9.17, 15) is 0 Å². The summed E-state index contributed by atoms with van der Waals surface area (Å²) in [4.78, 5) is 8.11. The second kappa shape index (κ2) is 10.3. The minimum absolute atomic E-state index is 1.15. The van der Waals surface area contributed by atoms with Gasteiger partial charge in [-0.25, -0.2) is 23.2 Å². The third-order valence-corrected chi connectivity index (χ3v) is 6.36. The largest absolute Gasteiger partial charge is 0.264 e. The Balaban J connectivity index is 0.000000491. The zero-order valence-corrected chi connectivity index (χ0v) is 19.1. The van der Waals surface area contributed by atoms with Crippen LogP contribution in [0, 0.1) is 10.2 Å². The highest BCUT2D eigenvalue weighted by Crippen LogP contribution is 2.45. The SMILES string of the molecule is C[N+](C)=C1C=CC=C/C1=C1\C=C(c2cccnc2)SC(c2cccs2)=C1.[O-][Cl+3]([O-])([O-])[O-]. The Morgan fingerprint density at radius 1 is 0.935 bits per heavy atom. The molecule has 9 heteroatoms. The fourth-order valence-corrected chi connectivity index (χ4v) is 4.88. The van der Waals surface area contributed by atoms with Crippen molar-refractivity contribution >= 4 is 38.6 Å². The molecule has 0 amide bonds. The molecule has 31 heavy (non-hydrogen) atoms. The molecule has 0 saturated heterocycles. The second-order valence-electron chi connectivity index (χ2n) is 6.58. The Hall–Kier alpha value is -2.30. The smallest absolute Gasteiger partial charge is 0.207 e. The van der Waals surface area contributed by atoms with Crippen LogP contribution in [0.2, 0.25) is 0 Å². The van der Waals surface area contributed by atoms with Gasteiger partial charge in [0.05, 0.1) is 5.57 Å². The first kappa shape index (κ1) is 23.4. The van der Waals surface area contributed by atoms with Crippen LogP contribution < -0.4 is 18.6 Å². The van der Waals surface area contributed by atoms with Crippen molar-refractivity contribution in [1.82, 2.24) is 4.98 Å². The summed E-state index contributed by atoms with van der Waals surface area (Å²) in [5.41, 5.74) is 4.85. The van der Waals surface area contributed by atoms with Crippen molar-refractivity contribution in [3.63, 3.8) is 0 Å². The number of aromatic nitrogens is 1. The normalized spacial score (nSPS) is 18.2. The standard InChI is InChI=1S/C22H19N2S2.ClHO4/c1-24(2)19-9-4-3-8-18(19)17-13-21(16-7-5-11-23-15-16)26-22(14-17)20-10-6-12-25-20;2-1(3,4)5/h3-15H,1-2H3;(H,2,3,4,5)/q+1;/p-1. The van der Waals surface area contributed by atoms with E-state index in [0.717, 1.165) is 5.56 Å². The van der Waals surface area contributed by atoms with Gasteiger partial charge in [0.1, 0.15) is 14.1 Å². The number of allylic oxidation sites excluding steroid dienone is 8. The minimum Gasteiger partial charge on any atom is -0.264 e. The summed E-state index contributed by atoms with van der Waals surface area (Å²) in [7, 11) is -0.765. The highest BCUT2D eigenvalue weighted by atomic mass is 35.7. The second-order valence-corrected chi connectivity index (χ2v) is 9.37. The van der Waals surface area contributed by atoms with Crippen LogP contribution in [0.1, 0.15) is 10.4 Å². The molecule has 4 rings (SSSR count). The molecule has 6 nitrogen and oxygen atoms in total. The third kappa shape index (κ3) is 6.84. The average Bonchev–Trinajstić information content (AvgIpc) is 3.28. The van der Waals surface area contributed by atoms with Gasteiger partial charge in [-0.1, -0.05) is 36.0 Å². The Bertz CT molecular complexity index is 1100. The van der Waals surface area contributed by atoms with Crippen LogP contribution >= 0.6 is 23.1 Å². The first-order chi connectivity index (χ1) is 14.7. The first-order valence-corrected chi connectivity index (χ1v) is 12.0. The van der Waals surface area contributed by atoms with Gasteiger partial charge in [-0.2, -0.15) is 0 Å². The average molecular weight is 475 g/mol. The summed E-state index contributed by atoms with van der Waals surface area (Å²) >= 11 is 3.59. The van der Waals surface area contributed by atoms with Crippen LogP contribution in [-0.2, 0) is 0 Å². The molecule has 0 spiro atoms. The summed E-state index contributed by atoms with van der Waals surface area (Å²) in [6, 6.07) is 8.41. The molecule has 160 valence electrons.